The van der Waals surface area contributed by atoms with E-state index in [2.05, 4.69) is 25.8 Å². The highest BCUT2D eigenvalue weighted by Gasteiger charge is 2.12. The third-order valence-corrected chi connectivity index (χ3v) is 4.67. The fourth-order valence-corrected chi connectivity index (χ4v) is 3.62. The molecule has 2 aromatic heterocycles. The van der Waals surface area contributed by atoms with E-state index in [1.54, 1.807) is 17.8 Å². The molecule has 0 aliphatic heterocycles. The molecule has 0 saturated heterocycles. The number of benzene rings is 1. The second kappa shape index (κ2) is 6.87. The number of fused-ring (bicyclic) bond motifs is 3. The number of aryl methyl sites for hydroxylation is 2. The summed E-state index contributed by atoms with van der Waals surface area (Å²) in [6, 6.07) is 7.78. The molecule has 0 bridgehead atoms. The minimum atomic E-state index is -0.0146. The molecule has 1 aromatic carbocycles. The van der Waals surface area contributed by atoms with Crippen LogP contribution < -0.4 is 10.3 Å². The van der Waals surface area contributed by atoms with Crippen molar-refractivity contribution in [2.75, 3.05) is 6.61 Å². The van der Waals surface area contributed by atoms with Gasteiger partial charge in [-0.15, -0.1) is 0 Å². The molecule has 0 fully saturated rings. The summed E-state index contributed by atoms with van der Waals surface area (Å²) >= 11 is 0. The van der Waals surface area contributed by atoms with Gasteiger partial charge in [0, 0.05) is 18.6 Å². The molecule has 1 atom stereocenters. The van der Waals surface area contributed by atoms with Gasteiger partial charge in [-0.25, -0.2) is 0 Å². The molecule has 0 saturated carbocycles. The lowest BCUT2D eigenvalue weighted by Crippen LogP contribution is -2.18. The Kier molecular flexibility index (Phi) is 4.80. The summed E-state index contributed by atoms with van der Waals surface area (Å²) in [6.07, 6.45) is 2.92. The van der Waals surface area contributed by atoms with Crippen molar-refractivity contribution >= 4 is 21.7 Å². The van der Waals surface area contributed by atoms with Gasteiger partial charge in [-0.2, -0.15) is 0 Å². The largest absolute Gasteiger partial charge is 0.493 e. The monoisotopic (exact) mass is 338 g/mol. The van der Waals surface area contributed by atoms with Crippen molar-refractivity contribution < 1.29 is 4.74 Å². The Hall–Kier alpha value is -2.36. The standard InChI is InChI=1S/C21H26N2O2/c1-13(2)10-14(3)12-25-16-6-7-17-18-8-9-22-15(4)20(18)23(5)21(24)19(17)11-16/h6-9,11,13-14H,10,12H2,1-5H3. The van der Waals surface area contributed by atoms with Crippen molar-refractivity contribution in [3.05, 3.63) is 46.5 Å². The lowest BCUT2D eigenvalue weighted by atomic mass is 10.00. The van der Waals surface area contributed by atoms with Crippen LogP contribution in [0.25, 0.3) is 21.7 Å². The van der Waals surface area contributed by atoms with Gasteiger partial charge < -0.3 is 9.30 Å². The van der Waals surface area contributed by atoms with E-state index in [1.165, 1.54) is 0 Å². The Balaban J connectivity index is 2.02. The maximum atomic E-state index is 12.8. The van der Waals surface area contributed by atoms with Gasteiger partial charge in [0.2, 0.25) is 0 Å². The number of hydrogen-bond donors (Lipinski definition) is 0. The Morgan fingerprint density at radius 2 is 1.88 bits per heavy atom. The summed E-state index contributed by atoms with van der Waals surface area (Å²) in [6.45, 7) is 9.24. The molecular formula is C21H26N2O2. The number of ether oxygens (including phenoxy) is 1. The molecule has 0 amide bonds. The predicted molar refractivity (Wildman–Crippen MR) is 103 cm³/mol. The summed E-state index contributed by atoms with van der Waals surface area (Å²) in [5, 5.41) is 2.69. The third-order valence-electron chi connectivity index (χ3n) is 4.67. The van der Waals surface area contributed by atoms with Crippen LogP contribution in [0.2, 0.25) is 0 Å². The van der Waals surface area contributed by atoms with Crippen molar-refractivity contribution in [3.63, 3.8) is 0 Å². The van der Waals surface area contributed by atoms with Crippen LogP contribution in [0.1, 0.15) is 32.9 Å². The Morgan fingerprint density at radius 1 is 1.12 bits per heavy atom. The van der Waals surface area contributed by atoms with E-state index in [4.69, 9.17) is 4.74 Å². The van der Waals surface area contributed by atoms with E-state index in [0.717, 1.165) is 34.2 Å². The second-order valence-corrected chi connectivity index (χ2v) is 7.41. The first-order valence-electron chi connectivity index (χ1n) is 8.89. The molecule has 132 valence electrons. The zero-order chi connectivity index (χ0) is 18.1. The minimum Gasteiger partial charge on any atom is -0.493 e. The van der Waals surface area contributed by atoms with Gasteiger partial charge >= 0.3 is 0 Å². The van der Waals surface area contributed by atoms with Crippen LogP contribution in [-0.2, 0) is 7.05 Å². The van der Waals surface area contributed by atoms with Gasteiger partial charge in [0.25, 0.3) is 5.56 Å². The molecule has 4 nitrogen and oxygen atoms in total. The van der Waals surface area contributed by atoms with E-state index >= 15 is 0 Å². The van der Waals surface area contributed by atoms with E-state index in [9.17, 15) is 4.79 Å². The third kappa shape index (κ3) is 3.39. The van der Waals surface area contributed by atoms with E-state index in [-0.39, 0.29) is 5.56 Å². The molecule has 3 aromatic rings. The van der Waals surface area contributed by atoms with E-state index in [0.29, 0.717) is 23.8 Å². The smallest absolute Gasteiger partial charge is 0.258 e. The summed E-state index contributed by atoms with van der Waals surface area (Å²) in [7, 11) is 1.80. The summed E-state index contributed by atoms with van der Waals surface area (Å²) in [4.78, 5) is 17.1. The van der Waals surface area contributed by atoms with Crippen LogP contribution in [0.15, 0.2) is 35.3 Å². The molecule has 1 unspecified atom stereocenters. The Morgan fingerprint density at radius 3 is 2.60 bits per heavy atom. The zero-order valence-electron chi connectivity index (χ0n) is 15.7. The van der Waals surface area contributed by atoms with Crippen LogP contribution >= 0.6 is 0 Å². The summed E-state index contributed by atoms with van der Waals surface area (Å²) in [5.74, 6) is 1.90. The summed E-state index contributed by atoms with van der Waals surface area (Å²) in [5.41, 5.74) is 1.74. The SMILES string of the molecule is Cc1nccc2c3ccc(OCC(C)CC(C)C)cc3c(=O)n(C)c12. The van der Waals surface area contributed by atoms with Crippen molar-refractivity contribution in [1.29, 1.82) is 0 Å². The average Bonchev–Trinajstić information content (AvgIpc) is 2.57. The number of aromatic nitrogens is 2. The first kappa shape index (κ1) is 17.5. The number of pyridine rings is 2. The molecule has 0 aliphatic carbocycles. The number of hydrogen-bond acceptors (Lipinski definition) is 3. The maximum absolute atomic E-state index is 12.8. The topological polar surface area (TPSA) is 44.1 Å². The van der Waals surface area contributed by atoms with E-state index in [1.807, 2.05) is 31.2 Å². The van der Waals surface area contributed by atoms with Crippen molar-refractivity contribution in [2.24, 2.45) is 18.9 Å². The van der Waals surface area contributed by atoms with Gasteiger partial charge in [0.1, 0.15) is 5.75 Å². The molecule has 4 heteroatoms. The molecule has 0 spiro atoms. The molecule has 2 heterocycles. The van der Waals surface area contributed by atoms with Gasteiger partial charge in [0.05, 0.1) is 23.2 Å². The van der Waals surface area contributed by atoms with Crippen LogP contribution in [-0.4, -0.2) is 16.2 Å². The lowest BCUT2D eigenvalue weighted by molar-refractivity contribution is 0.239. The Bertz CT molecular complexity index is 973. The molecule has 0 aliphatic rings. The number of rotatable bonds is 5. The molecule has 3 rings (SSSR count). The van der Waals surface area contributed by atoms with Crippen molar-refractivity contribution in [1.82, 2.24) is 9.55 Å². The van der Waals surface area contributed by atoms with Crippen LogP contribution in [0.4, 0.5) is 0 Å². The quantitative estimate of drug-likeness (QED) is 0.645. The Labute approximate surface area is 148 Å². The number of nitrogens with zero attached hydrogens (tertiary/aromatic N) is 2. The van der Waals surface area contributed by atoms with Gasteiger partial charge in [-0.05, 0) is 54.8 Å². The maximum Gasteiger partial charge on any atom is 0.258 e. The first-order chi connectivity index (χ1) is 11.9. The highest BCUT2D eigenvalue weighted by Crippen LogP contribution is 2.27. The fraction of sp³-hybridized carbons (Fsp3) is 0.429. The zero-order valence-corrected chi connectivity index (χ0v) is 15.7. The van der Waals surface area contributed by atoms with Crippen LogP contribution in [0, 0.1) is 18.8 Å². The molecule has 0 radical (unpaired) electrons. The average molecular weight is 338 g/mol. The predicted octanol–water partition coefficient (Wildman–Crippen LogP) is 4.46. The van der Waals surface area contributed by atoms with Gasteiger partial charge in [0.15, 0.2) is 0 Å². The molecule has 25 heavy (non-hydrogen) atoms. The summed E-state index contributed by atoms with van der Waals surface area (Å²) < 4.78 is 7.63. The first-order valence-corrected chi connectivity index (χ1v) is 8.89. The van der Waals surface area contributed by atoms with Gasteiger partial charge in [-0.1, -0.05) is 20.8 Å². The van der Waals surface area contributed by atoms with E-state index < -0.39 is 0 Å². The lowest BCUT2D eigenvalue weighted by Gasteiger charge is -2.16. The van der Waals surface area contributed by atoms with Gasteiger partial charge in [-0.3, -0.25) is 9.78 Å². The fourth-order valence-electron chi connectivity index (χ4n) is 3.62. The van der Waals surface area contributed by atoms with Crippen molar-refractivity contribution in [3.8, 4) is 5.75 Å². The molecular weight excluding hydrogens is 312 g/mol. The highest BCUT2D eigenvalue weighted by atomic mass is 16.5. The highest BCUT2D eigenvalue weighted by molar-refractivity contribution is 6.06. The van der Waals surface area contributed by atoms with Crippen molar-refractivity contribution in [2.45, 2.75) is 34.1 Å². The second-order valence-electron chi connectivity index (χ2n) is 7.41. The van der Waals surface area contributed by atoms with Crippen LogP contribution in [0.3, 0.4) is 0 Å². The minimum absolute atomic E-state index is 0.0146. The molecule has 0 N–H and O–H groups in total. The normalized spacial score (nSPS) is 12.9. The van der Waals surface area contributed by atoms with Crippen LogP contribution in [0.5, 0.6) is 5.75 Å².